The van der Waals surface area contributed by atoms with Crippen LogP contribution in [0.25, 0.3) is 11.0 Å². The molecule has 4 nitrogen and oxygen atoms in total. The first-order chi connectivity index (χ1) is 15.2. The monoisotopic (exact) mass is 445 g/mol. The van der Waals surface area contributed by atoms with Gasteiger partial charge < -0.3 is 9.15 Å². The third-order valence-corrected chi connectivity index (χ3v) is 7.40. The minimum absolute atomic E-state index is 0.0185. The lowest BCUT2D eigenvalue weighted by molar-refractivity contribution is 0.271. The van der Waals surface area contributed by atoms with Crippen molar-refractivity contribution >= 4 is 45.7 Å². The maximum absolute atomic E-state index is 13.5. The van der Waals surface area contributed by atoms with E-state index >= 15 is 0 Å². The van der Waals surface area contributed by atoms with E-state index in [9.17, 15) is 4.79 Å². The van der Waals surface area contributed by atoms with Crippen LogP contribution in [0.1, 0.15) is 16.4 Å². The Bertz CT molecular complexity index is 1430. The normalized spacial score (nSPS) is 19.5. The summed E-state index contributed by atoms with van der Waals surface area (Å²) in [5.41, 5.74) is 3.83. The van der Waals surface area contributed by atoms with E-state index in [4.69, 9.17) is 25.7 Å². The fourth-order valence-corrected chi connectivity index (χ4v) is 5.73. The fraction of sp³-hybridized carbons (Fsp3) is 0.120. The quantitative estimate of drug-likeness (QED) is 0.339. The molecule has 1 aromatic heterocycles. The van der Waals surface area contributed by atoms with E-state index < -0.39 is 0 Å². The van der Waals surface area contributed by atoms with E-state index in [1.165, 1.54) is 0 Å². The van der Waals surface area contributed by atoms with Gasteiger partial charge in [-0.25, -0.2) is 0 Å². The van der Waals surface area contributed by atoms with Crippen molar-refractivity contribution in [2.75, 3.05) is 6.61 Å². The van der Waals surface area contributed by atoms with Crippen molar-refractivity contribution in [2.24, 2.45) is 10.9 Å². The number of rotatable bonds is 1. The van der Waals surface area contributed by atoms with Gasteiger partial charge in [0.2, 0.25) is 0 Å². The van der Waals surface area contributed by atoms with E-state index in [1.807, 2.05) is 60.7 Å². The van der Waals surface area contributed by atoms with E-state index in [2.05, 4.69) is 0 Å². The number of hydrogen-bond acceptors (Lipinski definition) is 5. The molecular weight excluding hydrogens is 430 g/mol. The highest BCUT2D eigenvalue weighted by atomic mass is 35.5. The average molecular weight is 446 g/mol. The molecule has 3 aromatic carbocycles. The molecule has 0 fully saturated rings. The van der Waals surface area contributed by atoms with Crippen LogP contribution < -0.4 is 10.2 Å². The minimum atomic E-state index is -0.213. The van der Waals surface area contributed by atoms with Gasteiger partial charge in [-0.05, 0) is 42.5 Å². The van der Waals surface area contributed by atoms with Gasteiger partial charge in [0, 0.05) is 21.0 Å². The Balaban J connectivity index is 1.59. The lowest BCUT2D eigenvalue weighted by Crippen LogP contribution is -2.33. The maximum atomic E-state index is 13.5. The smallest absolute Gasteiger partial charge is 0.197 e. The Morgan fingerprint density at radius 2 is 1.87 bits per heavy atom. The summed E-state index contributed by atoms with van der Waals surface area (Å²) in [5, 5.41) is 0.991. The molecule has 0 radical (unpaired) electrons. The second-order valence-electron chi connectivity index (χ2n) is 7.58. The molecule has 0 saturated heterocycles. The molecule has 6 rings (SSSR count). The van der Waals surface area contributed by atoms with Crippen molar-refractivity contribution in [1.29, 1.82) is 0 Å². The minimum Gasteiger partial charge on any atom is -0.492 e. The first-order valence-electron chi connectivity index (χ1n) is 9.96. The molecule has 6 heteroatoms. The summed E-state index contributed by atoms with van der Waals surface area (Å²) >= 11 is 7.94. The van der Waals surface area contributed by atoms with Crippen molar-refractivity contribution < 1.29 is 9.15 Å². The van der Waals surface area contributed by atoms with Crippen LogP contribution in [0.15, 0.2) is 92.1 Å². The Morgan fingerprint density at radius 3 is 2.81 bits per heavy atom. The molecule has 0 N–H and O–H groups in total. The SMILES string of the molecule is O=c1c([C@H]2Sc3ccccc3N=C3c4cc(Cl)ccc4OC[C@@H]32)coc2ccccc12. The van der Waals surface area contributed by atoms with Gasteiger partial charge in [-0.3, -0.25) is 9.79 Å². The van der Waals surface area contributed by atoms with Gasteiger partial charge in [-0.15, -0.1) is 11.8 Å². The molecule has 0 bridgehead atoms. The zero-order chi connectivity index (χ0) is 20.9. The van der Waals surface area contributed by atoms with Crippen LogP contribution in [0.5, 0.6) is 5.75 Å². The zero-order valence-electron chi connectivity index (χ0n) is 16.2. The van der Waals surface area contributed by atoms with Crippen LogP contribution in [-0.2, 0) is 0 Å². The van der Waals surface area contributed by atoms with Crippen LogP contribution in [0.2, 0.25) is 5.02 Å². The highest BCUT2D eigenvalue weighted by Gasteiger charge is 2.38. The summed E-state index contributed by atoms with van der Waals surface area (Å²) in [4.78, 5) is 19.5. The molecular formula is C25H16ClNO3S. The number of para-hydroxylation sites is 2. The van der Waals surface area contributed by atoms with Crippen molar-refractivity contribution in [3.63, 3.8) is 0 Å². The van der Waals surface area contributed by atoms with Gasteiger partial charge in [0.15, 0.2) is 5.43 Å². The van der Waals surface area contributed by atoms with Gasteiger partial charge in [0.05, 0.1) is 40.8 Å². The summed E-state index contributed by atoms with van der Waals surface area (Å²) in [7, 11) is 0. The second-order valence-corrected chi connectivity index (χ2v) is 9.20. The van der Waals surface area contributed by atoms with Gasteiger partial charge in [0.1, 0.15) is 11.3 Å². The standard InChI is InChI=1S/C25H16ClNO3S/c26-14-9-10-21-16(11-14)23-17(12-29-21)25(31-22-8-4-2-6-19(22)27-23)18-13-30-20-7-3-1-5-15(20)24(18)28/h1-11,13,17,25H,12H2/t17-,25-/m0/s1. The first kappa shape index (κ1) is 18.7. The molecule has 0 unspecified atom stereocenters. The third kappa shape index (κ3) is 3.08. The van der Waals surface area contributed by atoms with E-state index in [-0.39, 0.29) is 16.6 Å². The van der Waals surface area contributed by atoms with Gasteiger partial charge in [-0.1, -0.05) is 35.9 Å². The van der Waals surface area contributed by atoms with Gasteiger partial charge in [-0.2, -0.15) is 0 Å². The number of hydrogen-bond donors (Lipinski definition) is 0. The molecule has 2 atom stereocenters. The Labute approximate surface area is 187 Å². The zero-order valence-corrected chi connectivity index (χ0v) is 17.8. The summed E-state index contributed by atoms with van der Waals surface area (Å²) in [6.07, 6.45) is 1.60. The average Bonchev–Trinajstić information content (AvgIpc) is 2.96. The molecule has 0 amide bonds. The van der Waals surface area contributed by atoms with Crippen molar-refractivity contribution in [3.05, 3.63) is 99.4 Å². The molecule has 3 heterocycles. The molecule has 31 heavy (non-hydrogen) atoms. The van der Waals surface area contributed by atoms with Crippen molar-refractivity contribution in [1.82, 2.24) is 0 Å². The number of aliphatic imine (C=N–C) groups is 1. The van der Waals surface area contributed by atoms with Crippen LogP contribution >= 0.6 is 23.4 Å². The number of fused-ring (bicyclic) bond motifs is 5. The molecule has 152 valence electrons. The summed E-state index contributed by atoms with van der Waals surface area (Å²) < 4.78 is 12.0. The topological polar surface area (TPSA) is 51.8 Å². The van der Waals surface area contributed by atoms with Crippen LogP contribution in [0, 0.1) is 5.92 Å². The molecule has 2 aliphatic rings. The molecule has 0 aliphatic carbocycles. The number of nitrogens with zero attached hydrogens (tertiary/aromatic N) is 1. The van der Waals surface area contributed by atoms with Gasteiger partial charge in [0.25, 0.3) is 0 Å². The number of halogens is 1. The number of thioether (sulfide) groups is 1. The highest BCUT2D eigenvalue weighted by molar-refractivity contribution is 7.99. The number of benzene rings is 3. The summed E-state index contributed by atoms with van der Waals surface area (Å²) in [5.74, 6) is 0.625. The number of ether oxygens (including phenoxy) is 1. The summed E-state index contributed by atoms with van der Waals surface area (Å²) in [6, 6.07) is 20.9. The molecule has 0 saturated carbocycles. The fourth-order valence-electron chi connectivity index (χ4n) is 4.23. The Kier molecular flexibility index (Phi) is 4.40. The van der Waals surface area contributed by atoms with Crippen LogP contribution in [-0.4, -0.2) is 12.3 Å². The van der Waals surface area contributed by atoms with Crippen LogP contribution in [0.4, 0.5) is 5.69 Å². The largest absolute Gasteiger partial charge is 0.492 e. The Hall–Kier alpha value is -3.02. The molecule has 0 spiro atoms. The van der Waals surface area contributed by atoms with E-state index in [1.54, 1.807) is 24.1 Å². The second kappa shape index (κ2) is 7.29. The van der Waals surface area contributed by atoms with Crippen molar-refractivity contribution in [3.8, 4) is 5.75 Å². The first-order valence-corrected chi connectivity index (χ1v) is 11.2. The van der Waals surface area contributed by atoms with Crippen LogP contribution in [0.3, 0.4) is 0 Å². The van der Waals surface area contributed by atoms with E-state index in [0.717, 1.165) is 27.6 Å². The lowest BCUT2D eigenvalue weighted by Gasteiger charge is -2.31. The predicted molar refractivity (Wildman–Crippen MR) is 124 cm³/mol. The predicted octanol–water partition coefficient (Wildman–Crippen LogP) is 6.42. The van der Waals surface area contributed by atoms with E-state index in [0.29, 0.717) is 28.2 Å². The van der Waals surface area contributed by atoms with Gasteiger partial charge >= 0.3 is 0 Å². The molecule has 4 aromatic rings. The molecule has 2 aliphatic heterocycles. The summed E-state index contributed by atoms with van der Waals surface area (Å²) in [6.45, 7) is 0.422. The maximum Gasteiger partial charge on any atom is 0.197 e. The Morgan fingerprint density at radius 1 is 1.03 bits per heavy atom. The third-order valence-electron chi connectivity index (χ3n) is 5.73. The highest BCUT2D eigenvalue weighted by Crippen LogP contribution is 2.50. The van der Waals surface area contributed by atoms with Crippen molar-refractivity contribution in [2.45, 2.75) is 10.1 Å². The lowest BCUT2D eigenvalue weighted by atomic mass is 9.88.